The summed E-state index contributed by atoms with van der Waals surface area (Å²) in [6, 6.07) is 15.7. The summed E-state index contributed by atoms with van der Waals surface area (Å²) in [4.78, 5) is 17.9. The van der Waals surface area contributed by atoms with E-state index in [0.29, 0.717) is 25.0 Å². The van der Waals surface area contributed by atoms with Crippen LogP contribution in [0.4, 0.5) is 4.79 Å². The average molecular weight is 487 g/mol. The zero-order valence-electron chi connectivity index (χ0n) is 20.2. The highest BCUT2D eigenvalue weighted by Crippen LogP contribution is 2.25. The highest BCUT2D eigenvalue weighted by molar-refractivity contribution is 5.75. The second-order valence-electron chi connectivity index (χ2n) is 9.31. The van der Waals surface area contributed by atoms with Gasteiger partial charge in [-0.05, 0) is 55.2 Å². The Bertz CT molecular complexity index is 1250. The summed E-state index contributed by atoms with van der Waals surface area (Å²) in [5.41, 5.74) is 2.95. The van der Waals surface area contributed by atoms with Gasteiger partial charge in [0.15, 0.2) is 0 Å². The topological polar surface area (TPSA) is 99.9 Å². The number of carbonyl (C=O) groups is 1. The van der Waals surface area contributed by atoms with Crippen LogP contribution in [0, 0.1) is 11.8 Å². The van der Waals surface area contributed by atoms with Crippen molar-refractivity contribution in [3.05, 3.63) is 72.3 Å². The summed E-state index contributed by atoms with van der Waals surface area (Å²) in [6.07, 6.45) is 4.76. The van der Waals surface area contributed by atoms with E-state index in [0.717, 1.165) is 35.3 Å². The van der Waals surface area contributed by atoms with Gasteiger partial charge in [0.1, 0.15) is 29.8 Å². The van der Waals surface area contributed by atoms with Gasteiger partial charge in [-0.2, -0.15) is 0 Å². The monoisotopic (exact) mass is 486 g/mol. The molecule has 0 unspecified atom stereocenters. The standard InChI is InChI=1S/C28H30N4O4/c1-19(34)27-29-14-15-32(27)24(18-33)11-4-20-2-5-21(6-3-20)22-7-12-25(13-8-22)36-26-16-31(17-26)28(35)30-23-9-10-23/h2-3,5-8,12-15,19,23-24,26,33-34H,9-10,16-18H2,1H3,(H,30,35)/t19-,24-/m0/s1. The molecule has 8 nitrogen and oxygen atoms in total. The molecule has 1 saturated heterocycles. The first-order valence-corrected chi connectivity index (χ1v) is 12.3. The molecule has 1 aliphatic heterocycles. The van der Waals surface area contributed by atoms with Gasteiger partial charge < -0.3 is 29.7 Å². The van der Waals surface area contributed by atoms with Gasteiger partial charge in [0.05, 0.1) is 19.7 Å². The van der Waals surface area contributed by atoms with Crippen LogP contribution in [0.2, 0.25) is 0 Å². The molecule has 2 heterocycles. The summed E-state index contributed by atoms with van der Waals surface area (Å²) in [5, 5.41) is 22.6. The lowest BCUT2D eigenvalue weighted by molar-refractivity contribution is 0.0443. The van der Waals surface area contributed by atoms with E-state index < -0.39 is 12.1 Å². The van der Waals surface area contributed by atoms with Crippen LogP contribution >= 0.6 is 0 Å². The lowest BCUT2D eigenvalue weighted by atomic mass is 10.0. The number of aliphatic hydroxyl groups is 2. The number of urea groups is 1. The third kappa shape index (κ3) is 5.54. The van der Waals surface area contributed by atoms with Crippen molar-refractivity contribution < 1.29 is 19.7 Å². The van der Waals surface area contributed by atoms with Gasteiger partial charge in [-0.25, -0.2) is 9.78 Å². The number of nitrogens with one attached hydrogen (secondary N) is 1. The van der Waals surface area contributed by atoms with E-state index in [9.17, 15) is 15.0 Å². The molecule has 1 saturated carbocycles. The third-order valence-electron chi connectivity index (χ3n) is 6.38. The van der Waals surface area contributed by atoms with Crippen LogP contribution in [-0.4, -0.2) is 62.5 Å². The lowest BCUT2D eigenvalue weighted by Crippen LogP contribution is -2.59. The smallest absolute Gasteiger partial charge is 0.317 e. The van der Waals surface area contributed by atoms with Crippen molar-refractivity contribution in [1.29, 1.82) is 0 Å². The molecule has 8 heteroatoms. The Morgan fingerprint density at radius 1 is 1.14 bits per heavy atom. The van der Waals surface area contributed by atoms with Crippen LogP contribution in [0.25, 0.3) is 11.1 Å². The Balaban J connectivity index is 1.16. The highest BCUT2D eigenvalue weighted by atomic mass is 16.5. The number of amides is 2. The zero-order valence-corrected chi connectivity index (χ0v) is 20.2. The molecule has 2 fully saturated rings. The Labute approximate surface area is 210 Å². The zero-order chi connectivity index (χ0) is 25.1. The Morgan fingerprint density at radius 2 is 1.81 bits per heavy atom. The molecule has 0 radical (unpaired) electrons. The SMILES string of the molecule is C[C@H](O)c1nccn1[C@@H](C#Cc1ccc(-c2ccc(OC3CN(C(=O)NC4CC4)C3)cc2)cc1)CO. The minimum atomic E-state index is -0.742. The van der Waals surface area contributed by atoms with E-state index >= 15 is 0 Å². The number of imidazole rings is 1. The van der Waals surface area contributed by atoms with Gasteiger partial charge in [0.2, 0.25) is 0 Å². The van der Waals surface area contributed by atoms with Crippen molar-refractivity contribution in [3.63, 3.8) is 0 Å². The molecule has 2 amide bonds. The minimum absolute atomic E-state index is 0.0129. The maximum absolute atomic E-state index is 12.0. The van der Waals surface area contributed by atoms with E-state index in [-0.39, 0.29) is 18.7 Å². The molecule has 2 aromatic carbocycles. The second kappa shape index (κ2) is 10.4. The molecular weight excluding hydrogens is 456 g/mol. The summed E-state index contributed by atoms with van der Waals surface area (Å²) < 4.78 is 7.69. The van der Waals surface area contributed by atoms with Gasteiger partial charge in [-0.15, -0.1) is 0 Å². The normalized spacial score (nSPS) is 16.9. The molecule has 0 spiro atoms. The number of benzene rings is 2. The van der Waals surface area contributed by atoms with Crippen molar-refractivity contribution in [2.45, 2.75) is 44.1 Å². The van der Waals surface area contributed by atoms with E-state index in [2.05, 4.69) is 22.1 Å². The van der Waals surface area contributed by atoms with Crippen LogP contribution in [-0.2, 0) is 0 Å². The molecule has 3 N–H and O–H groups in total. The van der Waals surface area contributed by atoms with Gasteiger partial charge in [-0.1, -0.05) is 36.1 Å². The fraction of sp³-hybridized carbons (Fsp3) is 0.357. The summed E-state index contributed by atoms with van der Waals surface area (Å²) in [5.74, 6) is 7.44. The van der Waals surface area contributed by atoms with Crippen molar-refractivity contribution in [1.82, 2.24) is 19.8 Å². The summed E-state index contributed by atoms with van der Waals surface area (Å²) in [7, 11) is 0. The Morgan fingerprint density at radius 3 is 2.42 bits per heavy atom. The van der Waals surface area contributed by atoms with Gasteiger partial charge in [-0.3, -0.25) is 0 Å². The minimum Gasteiger partial charge on any atom is -0.487 e. The number of likely N-dealkylation sites (tertiary alicyclic amines) is 1. The fourth-order valence-corrected chi connectivity index (χ4v) is 4.12. The lowest BCUT2D eigenvalue weighted by Gasteiger charge is -2.38. The van der Waals surface area contributed by atoms with Crippen molar-refractivity contribution >= 4 is 6.03 Å². The quantitative estimate of drug-likeness (QED) is 0.446. The molecule has 1 aliphatic carbocycles. The third-order valence-corrected chi connectivity index (χ3v) is 6.38. The Kier molecular flexibility index (Phi) is 6.94. The molecule has 2 aliphatic rings. The van der Waals surface area contributed by atoms with E-state index in [1.807, 2.05) is 48.5 Å². The molecule has 186 valence electrons. The molecule has 5 rings (SSSR count). The van der Waals surface area contributed by atoms with Gasteiger partial charge >= 0.3 is 6.03 Å². The number of rotatable bonds is 7. The van der Waals surface area contributed by atoms with Crippen molar-refractivity contribution in [3.8, 4) is 28.7 Å². The number of nitrogens with zero attached hydrogens (tertiary/aromatic N) is 3. The molecule has 3 aromatic rings. The van der Waals surface area contributed by atoms with Crippen molar-refractivity contribution in [2.75, 3.05) is 19.7 Å². The van der Waals surface area contributed by atoms with E-state index in [1.165, 1.54) is 0 Å². The second-order valence-corrected chi connectivity index (χ2v) is 9.31. The van der Waals surface area contributed by atoms with Gasteiger partial charge in [0.25, 0.3) is 0 Å². The number of aromatic nitrogens is 2. The van der Waals surface area contributed by atoms with Crippen LogP contribution in [0.15, 0.2) is 60.9 Å². The summed E-state index contributed by atoms with van der Waals surface area (Å²) in [6.45, 7) is 2.68. The van der Waals surface area contributed by atoms with Crippen LogP contribution < -0.4 is 10.1 Å². The first kappa shape index (κ1) is 23.9. The molecule has 2 atom stereocenters. The van der Waals surface area contributed by atoms with E-state index in [4.69, 9.17) is 4.74 Å². The van der Waals surface area contributed by atoms with Crippen LogP contribution in [0.1, 0.15) is 43.3 Å². The predicted molar refractivity (Wildman–Crippen MR) is 135 cm³/mol. The first-order valence-electron chi connectivity index (χ1n) is 12.3. The fourth-order valence-electron chi connectivity index (χ4n) is 4.12. The number of hydrogen-bond acceptors (Lipinski definition) is 5. The van der Waals surface area contributed by atoms with Crippen LogP contribution in [0.5, 0.6) is 5.75 Å². The number of ether oxygens (including phenoxy) is 1. The average Bonchev–Trinajstić information content (AvgIpc) is 3.53. The van der Waals surface area contributed by atoms with Gasteiger partial charge in [0, 0.05) is 24.0 Å². The first-order chi connectivity index (χ1) is 17.5. The molecule has 36 heavy (non-hydrogen) atoms. The van der Waals surface area contributed by atoms with E-state index in [1.54, 1.807) is 28.8 Å². The summed E-state index contributed by atoms with van der Waals surface area (Å²) >= 11 is 0. The molecule has 0 bridgehead atoms. The van der Waals surface area contributed by atoms with Crippen LogP contribution in [0.3, 0.4) is 0 Å². The predicted octanol–water partition coefficient (Wildman–Crippen LogP) is 3.12. The number of hydrogen-bond donors (Lipinski definition) is 3. The molecule has 1 aromatic heterocycles. The number of aliphatic hydroxyl groups excluding tert-OH is 2. The highest BCUT2D eigenvalue weighted by Gasteiger charge is 2.34. The maximum Gasteiger partial charge on any atom is 0.317 e. The van der Waals surface area contributed by atoms with Crippen molar-refractivity contribution in [2.24, 2.45) is 0 Å². The number of carbonyl (C=O) groups excluding carboxylic acids is 1. The maximum atomic E-state index is 12.0. The largest absolute Gasteiger partial charge is 0.487 e. The Hall–Kier alpha value is -3.80. The molecular formula is C28H30N4O4.